The highest BCUT2D eigenvalue weighted by atomic mass is 35.5. The number of aromatic nitrogens is 1. The summed E-state index contributed by atoms with van der Waals surface area (Å²) in [4.78, 5) is 7.59. The van der Waals surface area contributed by atoms with Crippen LogP contribution in [0.3, 0.4) is 0 Å². The Bertz CT molecular complexity index is 355. The molecule has 2 rings (SSSR count). The van der Waals surface area contributed by atoms with E-state index < -0.39 is 0 Å². The summed E-state index contributed by atoms with van der Waals surface area (Å²) in [6.07, 6.45) is 2.47. The lowest BCUT2D eigenvalue weighted by molar-refractivity contribution is 0.205. The zero-order valence-electron chi connectivity index (χ0n) is 9.08. The molecule has 1 aromatic heterocycles. The maximum Gasteiger partial charge on any atom is 0.187 e. The molecule has 0 aromatic carbocycles. The van der Waals surface area contributed by atoms with E-state index in [1.165, 1.54) is 12.8 Å². The molecule has 6 heteroatoms. The van der Waals surface area contributed by atoms with Crippen molar-refractivity contribution in [3.05, 3.63) is 10.0 Å². The Morgan fingerprint density at radius 3 is 2.81 bits per heavy atom. The maximum absolute atomic E-state index is 6.01. The number of ether oxygens (including phenoxy) is 1. The monoisotopic (exact) mass is 280 g/mol. The molecule has 0 aliphatic heterocycles. The number of alkyl halides is 1. The van der Waals surface area contributed by atoms with Gasteiger partial charge in [0.15, 0.2) is 5.13 Å². The van der Waals surface area contributed by atoms with Gasteiger partial charge in [0.2, 0.25) is 0 Å². The smallest absolute Gasteiger partial charge is 0.187 e. The second-order valence-corrected chi connectivity index (χ2v) is 5.45. The van der Waals surface area contributed by atoms with Crippen LogP contribution in [0.25, 0.3) is 0 Å². The third kappa shape index (κ3) is 2.80. The summed E-state index contributed by atoms with van der Waals surface area (Å²) in [5, 5.41) is 1.51. The van der Waals surface area contributed by atoms with Crippen LogP contribution in [0.2, 0.25) is 5.15 Å². The van der Waals surface area contributed by atoms with E-state index in [2.05, 4.69) is 9.88 Å². The number of nitrogens with zero attached hydrogens (tertiary/aromatic N) is 2. The first-order valence-electron chi connectivity index (χ1n) is 5.23. The van der Waals surface area contributed by atoms with Gasteiger partial charge in [-0.1, -0.05) is 22.9 Å². The molecule has 0 spiro atoms. The van der Waals surface area contributed by atoms with Crippen molar-refractivity contribution < 1.29 is 4.74 Å². The zero-order valence-corrected chi connectivity index (χ0v) is 11.4. The van der Waals surface area contributed by atoms with Gasteiger partial charge >= 0.3 is 0 Å². The number of rotatable bonds is 6. The average Bonchev–Trinajstić information content (AvgIpc) is 3.03. The summed E-state index contributed by atoms with van der Waals surface area (Å²) in [6.45, 7) is 1.58. The molecule has 0 atom stereocenters. The highest BCUT2D eigenvalue weighted by Gasteiger charge is 2.31. The molecule has 1 fully saturated rings. The van der Waals surface area contributed by atoms with Crippen molar-refractivity contribution in [2.45, 2.75) is 24.8 Å². The van der Waals surface area contributed by atoms with E-state index in [1.807, 2.05) is 0 Å². The standard InChI is InChI=1S/C10H14Cl2N2OS/c1-15-5-4-14(7-2-3-7)10-13-9(12)8(6-11)16-10/h7H,2-6H2,1H3. The van der Waals surface area contributed by atoms with Crippen LogP contribution in [0.15, 0.2) is 0 Å². The lowest BCUT2D eigenvalue weighted by Crippen LogP contribution is -2.29. The first-order chi connectivity index (χ1) is 7.76. The molecule has 0 N–H and O–H groups in total. The van der Waals surface area contributed by atoms with Crippen LogP contribution in [-0.2, 0) is 10.6 Å². The van der Waals surface area contributed by atoms with Crippen molar-refractivity contribution in [1.29, 1.82) is 0 Å². The normalized spacial score (nSPS) is 15.4. The van der Waals surface area contributed by atoms with Crippen molar-refractivity contribution in [3.63, 3.8) is 0 Å². The largest absolute Gasteiger partial charge is 0.383 e. The number of hydrogen-bond acceptors (Lipinski definition) is 4. The number of methoxy groups -OCH3 is 1. The van der Waals surface area contributed by atoms with Gasteiger partial charge in [0.25, 0.3) is 0 Å². The lowest BCUT2D eigenvalue weighted by atomic mass is 10.5. The summed E-state index contributed by atoms with van der Waals surface area (Å²) in [5.41, 5.74) is 0. The van der Waals surface area contributed by atoms with E-state index in [4.69, 9.17) is 27.9 Å². The number of hydrogen-bond donors (Lipinski definition) is 0. The van der Waals surface area contributed by atoms with Gasteiger partial charge in [-0.05, 0) is 12.8 Å². The van der Waals surface area contributed by atoms with Gasteiger partial charge in [-0.25, -0.2) is 4.98 Å². The Morgan fingerprint density at radius 2 is 2.31 bits per heavy atom. The van der Waals surface area contributed by atoms with Crippen LogP contribution >= 0.6 is 34.5 Å². The van der Waals surface area contributed by atoms with Crippen molar-refractivity contribution in [2.75, 3.05) is 25.2 Å². The van der Waals surface area contributed by atoms with Crippen molar-refractivity contribution in [1.82, 2.24) is 4.98 Å². The average molecular weight is 281 g/mol. The van der Waals surface area contributed by atoms with E-state index in [9.17, 15) is 0 Å². The number of thiazole rings is 1. The fourth-order valence-corrected chi connectivity index (χ4v) is 3.11. The highest BCUT2D eigenvalue weighted by Crippen LogP contribution is 2.37. The van der Waals surface area contributed by atoms with Crippen molar-refractivity contribution in [3.8, 4) is 0 Å². The van der Waals surface area contributed by atoms with Crippen molar-refractivity contribution >= 4 is 39.7 Å². The molecule has 0 saturated heterocycles. The third-order valence-electron chi connectivity index (χ3n) is 2.53. The Labute approximate surface area is 109 Å². The molecule has 3 nitrogen and oxygen atoms in total. The van der Waals surface area contributed by atoms with Crippen LogP contribution in [-0.4, -0.2) is 31.3 Å². The summed E-state index contributed by atoms with van der Waals surface area (Å²) in [6, 6.07) is 0.612. The Hall–Kier alpha value is -0.0300. The Balaban J connectivity index is 2.11. The molecule has 1 heterocycles. The summed E-state index contributed by atoms with van der Waals surface area (Å²) >= 11 is 13.4. The van der Waals surface area contributed by atoms with E-state index in [-0.39, 0.29) is 0 Å². The van der Waals surface area contributed by atoms with Crippen molar-refractivity contribution in [2.24, 2.45) is 0 Å². The molecule has 0 unspecified atom stereocenters. The molecule has 1 saturated carbocycles. The second-order valence-electron chi connectivity index (χ2n) is 3.76. The van der Waals surface area contributed by atoms with Gasteiger partial charge < -0.3 is 9.64 Å². The van der Waals surface area contributed by atoms with Crippen LogP contribution in [0.4, 0.5) is 5.13 Å². The van der Waals surface area contributed by atoms with Gasteiger partial charge in [0.05, 0.1) is 17.4 Å². The van der Waals surface area contributed by atoms with Gasteiger partial charge in [-0.15, -0.1) is 11.6 Å². The van der Waals surface area contributed by atoms with E-state index in [0.717, 1.165) is 16.6 Å². The Morgan fingerprint density at radius 1 is 1.56 bits per heavy atom. The highest BCUT2D eigenvalue weighted by molar-refractivity contribution is 7.16. The number of halogens is 2. The second kappa shape index (κ2) is 5.54. The topological polar surface area (TPSA) is 25.4 Å². The summed E-state index contributed by atoms with van der Waals surface area (Å²) in [7, 11) is 1.71. The quantitative estimate of drug-likeness (QED) is 0.749. The molecule has 1 aliphatic carbocycles. The van der Waals surface area contributed by atoms with Crippen LogP contribution in [0.5, 0.6) is 0 Å². The Kier molecular flexibility index (Phi) is 4.30. The minimum absolute atomic E-state index is 0.430. The van der Waals surface area contributed by atoms with E-state index in [0.29, 0.717) is 23.7 Å². The predicted octanol–water partition coefficient (Wildman–Crippen LogP) is 3.15. The lowest BCUT2D eigenvalue weighted by Gasteiger charge is -2.20. The van der Waals surface area contributed by atoms with Crippen LogP contribution < -0.4 is 4.90 Å². The predicted molar refractivity (Wildman–Crippen MR) is 68.9 cm³/mol. The van der Waals surface area contributed by atoms with Gasteiger partial charge in [0, 0.05) is 19.7 Å². The SMILES string of the molecule is COCCN(c1nc(Cl)c(CCl)s1)C1CC1. The van der Waals surface area contributed by atoms with Crippen LogP contribution in [0.1, 0.15) is 17.7 Å². The van der Waals surface area contributed by atoms with Gasteiger partial charge in [-0.3, -0.25) is 0 Å². The molecule has 1 aliphatic rings. The maximum atomic E-state index is 6.01. The molecular weight excluding hydrogens is 267 g/mol. The molecule has 16 heavy (non-hydrogen) atoms. The third-order valence-corrected chi connectivity index (χ3v) is 4.47. The minimum atomic E-state index is 0.430. The number of anilines is 1. The first-order valence-corrected chi connectivity index (χ1v) is 6.96. The minimum Gasteiger partial charge on any atom is -0.383 e. The molecule has 0 radical (unpaired) electrons. The summed E-state index contributed by atoms with van der Waals surface area (Å²) < 4.78 is 5.11. The molecule has 90 valence electrons. The summed E-state index contributed by atoms with van der Waals surface area (Å²) in [5.74, 6) is 0.430. The fraction of sp³-hybridized carbons (Fsp3) is 0.700. The molecule has 1 aromatic rings. The molecular formula is C10H14Cl2N2OS. The van der Waals surface area contributed by atoms with E-state index >= 15 is 0 Å². The van der Waals surface area contributed by atoms with Gasteiger partial charge in [-0.2, -0.15) is 0 Å². The van der Waals surface area contributed by atoms with Gasteiger partial charge in [0.1, 0.15) is 5.15 Å². The molecule has 0 bridgehead atoms. The van der Waals surface area contributed by atoms with Crippen LogP contribution in [0, 0.1) is 0 Å². The zero-order chi connectivity index (χ0) is 11.5. The first kappa shape index (κ1) is 12.4. The molecule has 0 amide bonds. The van der Waals surface area contributed by atoms with E-state index in [1.54, 1.807) is 18.4 Å². The fourth-order valence-electron chi connectivity index (χ4n) is 1.54.